The topological polar surface area (TPSA) is 6.48 Å². The number of hydrogen-bond donors (Lipinski definition) is 0. The average molecular weight is 861 g/mol. The first kappa shape index (κ1) is 43.6. The molecule has 0 saturated heterocycles. The summed E-state index contributed by atoms with van der Waals surface area (Å²) in [6.45, 7) is 30.1. The zero-order chi connectivity index (χ0) is 46.7. The van der Waals surface area contributed by atoms with Crippen LogP contribution in [0.2, 0.25) is 0 Å². The molecule has 0 aliphatic carbocycles. The Hall–Kier alpha value is -6.32. The summed E-state index contributed by atoms with van der Waals surface area (Å²) in [5.74, 6) is 0. The third kappa shape index (κ3) is 7.55. The van der Waals surface area contributed by atoms with E-state index < -0.39 is 0 Å². The van der Waals surface area contributed by atoms with E-state index in [-0.39, 0.29) is 28.4 Å². The quantitative estimate of drug-likeness (QED) is 0.163. The van der Waals surface area contributed by atoms with Crippen molar-refractivity contribution in [3.8, 4) is 22.3 Å². The van der Waals surface area contributed by atoms with Gasteiger partial charge in [-0.3, -0.25) is 0 Å². The summed E-state index contributed by atoms with van der Waals surface area (Å²) < 4.78 is 0. The Labute approximate surface area is 395 Å². The normalized spacial score (nSPS) is 13.7. The molecule has 0 fully saturated rings. The highest BCUT2D eigenvalue weighted by Crippen LogP contribution is 2.48. The standard InChI is InChI=1S/C63H65BN2/c1-40-33-57-59-58(34-40)66(54-20-16-18-43-17-14-15-19-51(43)54)56-32-30-49(63(11,12)13)39-53(56)64(59)52-38-48(62(8,9)10)29-31-55(52)65(57)50-36-44(41-21-25-46(26-22-41)60(2,3)4)35-45(37-50)42-23-27-47(28-24-42)61(5,6)7/h14-39H,1-13H3. The number of nitrogens with zero attached hydrogens (tertiary/aromatic N) is 2. The molecule has 0 bridgehead atoms. The van der Waals surface area contributed by atoms with Crippen molar-refractivity contribution in [2.24, 2.45) is 0 Å². The molecule has 0 saturated carbocycles. The lowest BCUT2D eigenvalue weighted by atomic mass is 9.33. The van der Waals surface area contributed by atoms with Crippen molar-refractivity contribution >= 4 is 68.0 Å². The van der Waals surface area contributed by atoms with Crippen LogP contribution < -0.4 is 26.2 Å². The van der Waals surface area contributed by atoms with Gasteiger partial charge in [0, 0.05) is 33.8 Å². The first-order valence-electron chi connectivity index (χ1n) is 24.0. The largest absolute Gasteiger partial charge is 0.311 e. The maximum atomic E-state index is 2.60. The zero-order valence-corrected chi connectivity index (χ0v) is 41.5. The van der Waals surface area contributed by atoms with Gasteiger partial charge in [0.25, 0.3) is 6.71 Å². The van der Waals surface area contributed by atoms with Crippen LogP contribution in [0.1, 0.15) is 111 Å². The Morgan fingerprint density at radius 3 is 1.29 bits per heavy atom. The number of aryl methyl sites for hydroxylation is 1. The molecule has 0 spiro atoms. The maximum Gasteiger partial charge on any atom is 0.252 e. The van der Waals surface area contributed by atoms with Crippen molar-refractivity contribution in [1.82, 2.24) is 0 Å². The van der Waals surface area contributed by atoms with Gasteiger partial charge in [-0.25, -0.2) is 0 Å². The van der Waals surface area contributed by atoms with Gasteiger partial charge in [0.2, 0.25) is 0 Å². The lowest BCUT2D eigenvalue weighted by molar-refractivity contribution is 0.590. The summed E-state index contributed by atoms with van der Waals surface area (Å²) in [4.78, 5) is 5.18. The van der Waals surface area contributed by atoms with Crippen molar-refractivity contribution in [1.29, 1.82) is 0 Å². The molecule has 3 heteroatoms. The first-order valence-corrected chi connectivity index (χ1v) is 24.0. The molecular formula is C63H65BN2. The van der Waals surface area contributed by atoms with Crippen molar-refractivity contribution in [2.45, 2.75) is 112 Å². The van der Waals surface area contributed by atoms with Crippen LogP contribution in [-0.2, 0) is 21.7 Å². The van der Waals surface area contributed by atoms with Crippen LogP contribution in [0.4, 0.5) is 34.1 Å². The first-order chi connectivity index (χ1) is 31.1. The average Bonchev–Trinajstić information content (AvgIpc) is 3.27. The van der Waals surface area contributed by atoms with Gasteiger partial charge in [-0.05, 0) is 149 Å². The van der Waals surface area contributed by atoms with E-state index in [1.165, 1.54) is 106 Å². The molecule has 330 valence electrons. The van der Waals surface area contributed by atoms with E-state index in [0.717, 1.165) is 5.69 Å². The molecule has 8 aromatic carbocycles. The minimum Gasteiger partial charge on any atom is -0.311 e. The Bertz CT molecular complexity index is 3100. The molecule has 10 rings (SSSR count). The van der Waals surface area contributed by atoms with Crippen molar-refractivity contribution in [2.75, 3.05) is 9.80 Å². The molecule has 2 aliphatic rings. The number of benzene rings is 8. The Morgan fingerprint density at radius 1 is 0.348 bits per heavy atom. The van der Waals surface area contributed by atoms with Crippen LogP contribution in [0.3, 0.4) is 0 Å². The molecule has 0 N–H and O–H groups in total. The number of rotatable bonds is 4. The predicted molar refractivity (Wildman–Crippen MR) is 288 cm³/mol. The summed E-state index contributed by atoms with van der Waals surface area (Å²) >= 11 is 0. The van der Waals surface area contributed by atoms with E-state index in [2.05, 4.69) is 258 Å². The maximum absolute atomic E-state index is 2.60. The highest BCUT2D eigenvalue weighted by molar-refractivity contribution is 7.00. The van der Waals surface area contributed by atoms with Gasteiger partial charge in [-0.1, -0.05) is 192 Å². The third-order valence-electron chi connectivity index (χ3n) is 14.3. The SMILES string of the molecule is Cc1cc2c3c(c1)N(c1cccc4ccccc14)c1ccc(C(C)(C)C)cc1B3c1cc(C(C)(C)C)ccc1N2c1cc(-c2ccc(C(C)(C)C)cc2)cc(-c2ccc(C(C)(C)C)cc2)c1. The van der Waals surface area contributed by atoms with E-state index >= 15 is 0 Å². The summed E-state index contributed by atoms with van der Waals surface area (Å²) in [7, 11) is 0. The molecular weight excluding hydrogens is 796 g/mol. The highest BCUT2D eigenvalue weighted by Gasteiger charge is 2.44. The molecule has 0 atom stereocenters. The fourth-order valence-corrected chi connectivity index (χ4v) is 10.4. The van der Waals surface area contributed by atoms with Crippen molar-refractivity contribution < 1.29 is 0 Å². The third-order valence-corrected chi connectivity index (χ3v) is 14.3. The van der Waals surface area contributed by atoms with Crippen molar-refractivity contribution in [3.63, 3.8) is 0 Å². The van der Waals surface area contributed by atoms with Gasteiger partial charge in [0.15, 0.2) is 0 Å². The minimum absolute atomic E-state index is 0.0187. The predicted octanol–water partition coefficient (Wildman–Crippen LogP) is 15.8. The van der Waals surface area contributed by atoms with Crippen LogP contribution in [0.5, 0.6) is 0 Å². The highest BCUT2D eigenvalue weighted by atomic mass is 15.2. The molecule has 0 unspecified atom stereocenters. The van der Waals surface area contributed by atoms with Crippen LogP contribution >= 0.6 is 0 Å². The second-order valence-electron chi connectivity index (χ2n) is 23.3. The Balaban J connectivity index is 1.29. The van der Waals surface area contributed by atoms with Crippen molar-refractivity contribution in [3.05, 3.63) is 186 Å². The van der Waals surface area contributed by atoms with Gasteiger partial charge in [-0.2, -0.15) is 0 Å². The molecule has 2 heterocycles. The second kappa shape index (κ2) is 15.4. The molecule has 66 heavy (non-hydrogen) atoms. The van der Waals surface area contributed by atoms with Crippen LogP contribution in [-0.4, -0.2) is 6.71 Å². The Kier molecular flexibility index (Phi) is 10.2. The van der Waals surface area contributed by atoms with Gasteiger partial charge >= 0.3 is 0 Å². The molecule has 8 aromatic rings. The molecule has 0 amide bonds. The number of hydrogen-bond acceptors (Lipinski definition) is 2. The van der Waals surface area contributed by atoms with E-state index in [4.69, 9.17) is 0 Å². The van der Waals surface area contributed by atoms with E-state index in [9.17, 15) is 0 Å². The van der Waals surface area contributed by atoms with E-state index in [1.54, 1.807) is 0 Å². The fraction of sp³-hybridized carbons (Fsp3) is 0.270. The lowest BCUT2D eigenvalue weighted by Gasteiger charge is -2.45. The summed E-state index contributed by atoms with van der Waals surface area (Å²) in [5, 5.41) is 2.48. The number of anilines is 6. The fourth-order valence-electron chi connectivity index (χ4n) is 10.4. The second-order valence-corrected chi connectivity index (χ2v) is 23.3. The van der Waals surface area contributed by atoms with Gasteiger partial charge < -0.3 is 9.80 Å². The zero-order valence-electron chi connectivity index (χ0n) is 41.5. The van der Waals surface area contributed by atoms with E-state index in [1.807, 2.05) is 0 Å². The van der Waals surface area contributed by atoms with Crippen LogP contribution in [0.15, 0.2) is 158 Å². The van der Waals surface area contributed by atoms with E-state index in [0.29, 0.717) is 0 Å². The number of fused-ring (bicyclic) bond motifs is 5. The molecule has 0 aromatic heterocycles. The van der Waals surface area contributed by atoms with Crippen LogP contribution in [0, 0.1) is 6.92 Å². The molecule has 0 radical (unpaired) electrons. The summed E-state index contributed by atoms with van der Waals surface area (Å²) in [5.41, 5.74) is 22.9. The molecule has 2 nitrogen and oxygen atoms in total. The molecule has 2 aliphatic heterocycles. The minimum atomic E-state index is -0.0402. The summed E-state index contributed by atoms with van der Waals surface area (Å²) in [6.07, 6.45) is 0. The van der Waals surface area contributed by atoms with Gasteiger partial charge in [-0.15, -0.1) is 0 Å². The lowest BCUT2D eigenvalue weighted by Crippen LogP contribution is -2.61. The monoisotopic (exact) mass is 861 g/mol. The van der Waals surface area contributed by atoms with Gasteiger partial charge in [0.1, 0.15) is 0 Å². The Morgan fingerprint density at radius 2 is 0.788 bits per heavy atom. The smallest absolute Gasteiger partial charge is 0.252 e. The van der Waals surface area contributed by atoms with Gasteiger partial charge in [0.05, 0.1) is 5.69 Å². The summed E-state index contributed by atoms with van der Waals surface area (Å²) in [6, 6.07) is 61.0. The van der Waals surface area contributed by atoms with Crippen LogP contribution in [0.25, 0.3) is 33.0 Å².